The lowest BCUT2D eigenvalue weighted by atomic mass is 10.0. The highest BCUT2D eigenvalue weighted by Crippen LogP contribution is 2.43. The fourth-order valence-electron chi connectivity index (χ4n) is 4.89. The van der Waals surface area contributed by atoms with Crippen LogP contribution in [0, 0.1) is 5.92 Å². The van der Waals surface area contributed by atoms with E-state index >= 15 is 0 Å². The SMILES string of the molecule is CC/C=C/C/C=C/C=C/C(O)CCCCCCCC(=O)OC[C@H](COP(=O)(O)OC[C@@H](O)COP(=O)(O)O)OC(=O)CCCCCCCCCC(C)C. The van der Waals surface area contributed by atoms with Gasteiger partial charge >= 0.3 is 27.6 Å². The highest BCUT2D eigenvalue weighted by atomic mass is 31.2. The predicted molar refractivity (Wildman–Crippen MR) is 204 cm³/mol. The molecule has 0 aliphatic rings. The molecule has 310 valence electrons. The fraction of sp³-hybridized carbons (Fsp3) is 0.784. The van der Waals surface area contributed by atoms with Gasteiger partial charge in [0.05, 0.1) is 25.9 Å². The molecule has 0 spiro atoms. The maximum Gasteiger partial charge on any atom is 0.472 e. The Bertz CT molecular complexity index is 1120. The van der Waals surface area contributed by atoms with Crippen LogP contribution in [0.2, 0.25) is 0 Å². The van der Waals surface area contributed by atoms with Crippen molar-refractivity contribution in [1.82, 2.24) is 0 Å². The average molecular weight is 799 g/mol. The summed E-state index contributed by atoms with van der Waals surface area (Å²) < 4.78 is 47.5. The first-order valence-corrected chi connectivity index (χ1v) is 22.2. The predicted octanol–water partition coefficient (Wildman–Crippen LogP) is 7.77. The molecule has 0 aliphatic heterocycles. The normalized spacial score (nSPS) is 15.3. The molecule has 2 unspecified atom stereocenters. The number of esters is 2. The highest BCUT2D eigenvalue weighted by Gasteiger charge is 2.28. The maximum absolute atomic E-state index is 12.6. The summed E-state index contributed by atoms with van der Waals surface area (Å²) in [6.45, 7) is 3.72. The van der Waals surface area contributed by atoms with E-state index in [4.69, 9.17) is 23.8 Å². The van der Waals surface area contributed by atoms with Crippen molar-refractivity contribution in [2.75, 3.05) is 26.4 Å². The molecule has 14 nitrogen and oxygen atoms in total. The zero-order chi connectivity index (χ0) is 39.8. The van der Waals surface area contributed by atoms with Crippen LogP contribution in [0.25, 0.3) is 0 Å². The molecule has 0 aromatic carbocycles. The molecule has 0 amide bonds. The lowest BCUT2D eigenvalue weighted by Gasteiger charge is -2.20. The minimum Gasteiger partial charge on any atom is -0.462 e. The Labute approximate surface area is 317 Å². The molecule has 0 aromatic rings. The Hall–Kier alpha value is -1.70. The number of hydrogen-bond donors (Lipinski definition) is 5. The van der Waals surface area contributed by atoms with Gasteiger partial charge in [-0.05, 0) is 38.0 Å². The van der Waals surface area contributed by atoms with Gasteiger partial charge in [-0.1, -0.05) is 128 Å². The summed E-state index contributed by atoms with van der Waals surface area (Å²) in [5.41, 5.74) is 0. The molecule has 53 heavy (non-hydrogen) atoms. The Morgan fingerprint density at radius 3 is 1.79 bits per heavy atom. The zero-order valence-electron chi connectivity index (χ0n) is 32.1. The van der Waals surface area contributed by atoms with Crippen LogP contribution in [-0.4, -0.2) is 81.6 Å². The van der Waals surface area contributed by atoms with Crippen LogP contribution in [0.5, 0.6) is 0 Å². The van der Waals surface area contributed by atoms with Crippen LogP contribution >= 0.6 is 15.6 Å². The molecule has 16 heteroatoms. The van der Waals surface area contributed by atoms with E-state index < -0.39 is 72.3 Å². The smallest absolute Gasteiger partial charge is 0.462 e. The first-order valence-electron chi connectivity index (χ1n) is 19.1. The molecule has 0 heterocycles. The van der Waals surface area contributed by atoms with E-state index in [0.29, 0.717) is 25.2 Å². The van der Waals surface area contributed by atoms with Crippen molar-refractivity contribution in [3.05, 3.63) is 36.5 Å². The number of carbonyl (C=O) groups is 2. The van der Waals surface area contributed by atoms with E-state index in [1.807, 2.05) is 18.2 Å². The summed E-state index contributed by atoms with van der Waals surface area (Å²) in [4.78, 5) is 52.4. The van der Waals surface area contributed by atoms with Gasteiger partial charge in [-0.25, -0.2) is 9.13 Å². The number of hydrogen-bond acceptors (Lipinski definition) is 11. The van der Waals surface area contributed by atoms with Gasteiger partial charge in [-0.2, -0.15) is 0 Å². The third kappa shape index (κ3) is 37.0. The summed E-state index contributed by atoms with van der Waals surface area (Å²) in [7, 11) is -9.69. The largest absolute Gasteiger partial charge is 0.472 e. The van der Waals surface area contributed by atoms with E-state index in [2.05, 4.69) is 42.0 Å². The first-order chi connectivity index (χ1) is 25.1. The summed E-state index contributed by atoms with van der Waals surface area (Å²) in [6.07, 6.45) is 23.5. The summed E-state index contributed by atoms with van der Waals surface area (Å²) >= 11 is 0. The van der Waals surface area contributed by atoms with Gasteiger partial charge in [0.2, 0.25) is 0 Å². The first kappa shape index (κ1) is 51.3. The summed E-state index contributed by atoms with van der Waals surface area (Å²) in [5.74, 6) is -0.407. The molecule has 0 saturated carbocycles. The minimum atomic E-state index is -4.87. The van der Waals surface area contributed by atoms with Crippen LogP contribution in [-0.2, 0) is 41.8 Å². The number of carbonyl (C=O) groups excluding carboxylic acids is 2. The van der Waals surface area contributed by atoms with E-state index in [1.165, 1.54) is 19.3 Å². The van der Waals surface area contributed by atoms with E-state index in [9.17, 15) is 33.8 Å². The molecule has 0 bridgehead atoms. The molecule has 0 radical (unpaired) electrons. The average Bonchev–Trinajstić information content (AvgIpc) is 3.09. The second kappa shape index (κ2) is 32.5. The number of phosphoric acid groups is 2. The zero-order valence-corrected chi connectivity index (χ0v) is 33.9. The highest BCUT2D eigenvalue weighted by molar-refractivity contribution is 7.47. The number of aliphatic hydroxyl groups excluding tert-OH is 2. The molecule has 0 saturated heterocycles. The van der Waals surface area contributed by atoms with Crippen molar-refractivity contribution >= 4 is 27.6 Å². The Morgan fingerprint density at radius 2 is 1.19 bits per heavy atom. The van der Waals surface area contributed by atoms with Gasteiger partial charge in [0.25, 0.3) is 0 Å². The van der Waals surface area contributed by atoms with Gasteiger partial charge < -0.3 is 34.4 Å². The lowest BCUT2D eigenvalue weighted by Crippen LogP contribution is -2.30. The van der Waals surface area contributed by atoms with E-state index in [1.54, 1.807) is 6.08 Å². The molecular weight excluding hydrogens is 730 g/mol. The third-order valence-corrected chi connectivity index (χ3v) is 9.25. The van der Waals surface area contributed by atoms with Gasteiger partial charge in [0, 0.05) is 12.8 Å². The van der Waals surface area contributed by atoms with Crippen LogP contribution < -0.4 is 0 Å². The van der Waals surface area contributed by atoms with Crippen LogP contribution in [0.1, 0.15) is 136 Å². The number of allylic oxidation sites excluding steroid dienone is 5. The van der Waals surface area contributed by atoms with Gasteiger partial charge in [-0.3, -0.25) is 23.2 Å². The van der Waals surface area contributed by atoms with Gasteiger partial charge in [-0.15, -0.1) is 0 Å². The Morgan fingerprint density at radius 1 is 0.642 bits per heavy atom. The molecule has 0 rings (SSSR count). The Kier molecular flexibility index (Phi) is 31.5. The quantitative estimate of drug-likeness (QED) is 0.0136. The number of ether oxygens (including phenoxy) is 2. The van der Waals surface area contributed by atoms with Crippen molar-refractivity contribution in [2.24, 2.45) is 5.92 Å². The minimum absolute atomic E-state index is 0.109. The van der Waals surface area contributed by atoms with Crippen molar-refractivity contribution in [3.63, 3.8) is 0 Å². The van der Waals surface area contributed by atoms with Crippen LogP contribution in [0.3, 0.4) is 0 Å². The van der Waals surface area contributed by atoms with Crippen LogP contribution in [0.15, 0.2) is 36.5 Å². The monoisotopic (exact) mass is 798 g/mol. The van der Waals surface area contributed by atoms with E-state index in [-0.39, 0.29) is 12.8 Å². The molecule has 5 N–H and O–H groups in total. The van der Waals surface area contributed by atoms with Crippen molar-refractivity contribution in [3.8, 4) is 0 Å². The topological polar surface area (TPSA) is 216 Å². The van der Waals surface area contributed by atoms with Gasteiger partial charge in [0.15, 0.2) is 6.10 Å². The summed E-state index contributed by atoms with van der Waals surface area (Å²) in [5, 5.41) is 19.8. The molecular formula is C37H68O14P2. The number of phosphoric ester groups is 2. The fourth-order valence-corrected chi connectivity index (χ4v) is 6.05. The number of aliphatic hydroxyl groups is 2. The number of rotatable bonds is 35. The van der Waals surface area contributed by atoms with Crippen molar-refractivity contribution in [2.45, 2.75) is 155 Å². The van der Waals surface area contributed by atoms with Crippen molar-refractivity contribution < 1.29 is 66.7 Å². The third-order valence-electron chi connectivity index (χ3n) is 7.82. The lowest BCUT2D eigenvalue weighted by molar-refractivity contribution is -0.161. The van der Waals surface area contributed by atoms with Crippen molar-refractivity contribution in [1.29, 1.82) is 0 Å². The van der Waals surface area contributed by atoms with Crippen LogP contribution in [0.4, 0.5) is 0 Å². The number of unbranched alkanes of at least 4 members (excludes halogenated alkanes) is 10. The van der Waals surface area contributed by atoms with Gasteiger partial charge in [0.1, 0.15) is 12.7 Å². The second-order valence-electron chi connectivity index (χ2n) is 13.5. The molecule has 4 atom stereocenters. The van der Waals surface area contributed by atoms with E-state index in [0.717, 1.165) is 64.2 Å². The summed E-state index contributed by atoms with van der Waals surface area (Å²) in [6, 6.07) is 0. The Balaban J connectivity index is 4.65. The molecule has 0 aromatic heterocycles. The molecule has 0 aliphatic carbocycles. The molecule has 0 fully saturated rings. The standard InChI is InChI=1S/C37H68O14P2/c1-4-5-6-7-9-14-19-24-33(38)25-20-15-12-17-21-26-36(40)47-30-35(31-50-53(45,46)49-29-34(39)28-48-52(42,43)44)51-37(41)27-22-16-11-8-10-13-18-23-32(2)3/h5-6,9,14,19,24,32-35,38-39H,4,7-8,10-13,15-18,20-23,25-31H2,1-3H3,(H,45,46)(H2,42,43,44)/b6-5+,14-9+,24-19+/t33?,34-,35+/m0/s1. The maximum atomic E-state index is 12.6. The second-order valence-corrected chi connectivity index (χ2v) is 16.2.